The van der Waals surface area contributed by atoms with E-state index in [9.17, 15) is 13.2 Å². The summed E-state index contributed by atoms with van der Waals surface area (Å²) in [6.07, 6.45) is -3.45. The average molecular weight is 343 g/mol. The number of para-hydroxylation sites is 1. The summed E-state index contributed by atoms with van der Waals surface area (Å²) in [6, 6.07) is 9.27. The Kier molecular flexibility index (Phi) is 4.49. The number of tetrazole rings is 1. The SMILES string of the molecule is FC(F)(F)[C@H]1CCCN(Cn2nnn(-c3ccccc3)c2=S)C1. The molecule has 1 aliphatic rings. The molecule has 0 saturated carbocycles. The molecule has 0 radical (unpaired) electrons. The average Bonchev–Trinajstić information content (AvgIpc) is 2.89. The van der Waals surface area contributed by atoms with Crippen LogP contribution in [0.25, 0.3) is 5.69 Å². The van der Waals surface area contributed by atoms with Gasteiger partial charge in [-0.25, -0.2) is 4.68 Å². The number of hydrogen-bond donors (Lipinski definition) is 0. The second kappa shape index (κ2) is 6.40. The van der Waals surface area contributed by atoms with Crippen molar-refractivity contribution in [1.29, 1.82) is 0 Å². The second-order valence-electron chi connectivity index (χ2n) is 5.61. The summed E-state index contributed by atoms with van der Waals surface area (Å²) in [7, 11) is 0. The molecule has 1 saturated heterocycles. The Labute approximate surface area is 136 Å². The van der Waals surface area contributed by atoms with Gasteiger partial charge in [0, 0.05) is 6.54 Å². The fraction of sp³-hybridized carbons (Fsp3) is 0.500. The van der Waals surface area contributed by atoms with Crippen LogP contribution in [0.4, 0.5) is 13.2 Å². The molecule has 9 heteroatoms. The van der Waals surface area contributed by atoms with Gasteiger partial charge >= 0.3 is 6.18 Å². The van der Waals surface area contributed by atoms with Gasteiger partial charge in [0.15, 0.2) is 0 Å². The van der Waals surface area contributed by atoms with Crippen molar-refractivity contribution in [3.8, 4) is 5.69 Å². The number of halogens is 3. The van der Waals surface area contributed by atoms with Crippen LogP contribution in [0.5, 0.6) is 0 Å². The van der Waals surface area contributed by atoms with Crippen LogP contribution in [-0.4, -0.2) is 44.0 Å². The topological polar surface area (TPSA) is 38.9 Å². The zero-order valence-corrected chi connectivity index (χ0v) is 13.1. The van der Waals surface area contributed by atoms with Crippen LogP contribution < -0.4 is 0 Å². The first-order valence-corrected chi connectivity index (χ1v) is 7.73. The van der Waals surface area contributed by atoms with E-state index in [4.69, 9.17) is 12.2 Å². The van der Waals surface area contributed by atoms with E-state index in [1.54, 1.807) is 4.90 Å². The van der Waals surface area contributed by atoms with E-state index in [1.165, 1.54) is 9.36 Å². The lowest BCUT2D eigenvalue weighted by Gasteiger charge is -2.33. The number of piperidine rings is 1. The van der Waals surface area contributed by atoms with Gasteiger partial charge in [-0.1, -0.05) is 18.2 Å². The van der Waals surface area contributed by atoms with Crippen LogP contribution in [0.15, 0.2) is 30.3 Å². The van der Waals surface area contributed by atoms with Crippen LogP contribution in [-0.2, 0) is 6.67 Å². The Morgan fingerprint density at radius 3 is 2.61 bits per heavy atom. The Morgan fingerprint density at radius 1 is 1.17 bits per heavy atom. The predicted octanol–water partition coefficient (Wildman–Crippen LogP) is 3.03. The number of likely N-dealkylation sites (tertiary alicyclic amines) is 1. The third kappa shape index (κ3) is 3.61. The summed E-state index contributed by atoms with van der Waals surface area (Å²) in [4.78, 5) is 1.72. The Balaban J connectivity index is 1.74. The summed E-state index contributed by atoms with van der Waals surface area (Å²) in [5.41, 5.74) is 0.774. The smallest absolute Gasteiger partial charge is 0.284 e. The van der Waals surface area contributed by atoms with E-state index in [0.717, 1.165) is 5.69 Å². The lowest BCUT2D eigenvalue weighted by Crippen LogP contribution is -2.42. The van der Waals surface area contributed by atoms with E-state index >= 15 is 0 Å². The molecule has 1 aromatic carbocycles. The molecule has 1 aromatic heterocycles. The van der Waals surface area contributed by atoms with Crippen molar-refractivity contribution in [2.45, 2.75) is 25.7 Å². The highest BCUT2D eigenvalue weighted by Gasteiger charge is 2.41. The summed E-state index contributed by atoms with van der Waals surface area (Å²) < 4.78 is 41.9. The fourth-order valence-corrected chi connectivity index (χ4v) is 2.97. The Bertz CT molecular complexity index is 709. The number of nitrogens with zero attached hydrogens (tertiary/aromatic N) is 5. The molecule has 0 amide bonds. The summed E-state index contributed by atoms with van der Waals surface area (Å²) in [6.45, 7) is 0.800. The van der Waals surface area contributed by atoms with Gasteiger partial charge in [0.25, 0.3) is 0 Å². The van der Waals surface area contributed by atoms with Crippen molar-refractivity contribution in [2.75, 3.05) is 13.1 Å². The number of benzene rings is 1. The maximum atomic E-state index is 12.9. The molecule has 0 aliphatic carbocycles. The van der Waals surface area contributed by atoms with Crippen molar-refractivity contribution in [3.63, 3.8) is 0 Å². The molecular weight excluding hydrogens is 327 g/mol. The maximum absolute atomic E-state index is 12.9. The Morgan fingerprint density at radius 2 is 1.91 bits per heavy atom. The van der Waals surface area contributed by atoms with Crippen LogP contribution in [0.1, 0.15) is 12.8 Å². The molecule has 2 aromatic rings. The lowest BCUT2D eigenvalue weighted by atomic mass is 9.98. The summed E-state index contributed by atoms with van der Waals surface area (Å²) >= 11 is 5.33. The highest BCUT2D eigenvalue weighted by molar-refractivity contribution is 7.71. The molecule has 0 unspecified atom stereocenters. The van der Waals surface area contributed by atoms with Gasteiger partial charge in [-0.15, -0.1) is 0 Å². The predicted molar refractivity (Wildman–Crippen MR) is 80.5 cm³/mol. The lowest BCUT2D eigenvalue weighted by molar-refractivity contribution is -0.188. The standard InChI is InChI=1S/C14H16F3N5S/c15-14(16,17)11-5-4-8-20(9-11)10-21-13(23)22(19-18-21)12-6-2-1-3-7-12/h1-3,6-7,11H,4-5,8-10H2/t11-/m0/s1. The van der Waals surface area contributed by atoms with E-state index in [0.29, 0.717) is 17.7 Å². The molecule has 0 N–H and O–H groups in total. The maximum Gasteiger partial charge on any atom is 0.393 e. The molecular formula is C14H16F3N5S. The quantitative estimate of drug-likeness (QED) is 0.803. The zero-order chi connectivity index (χ0) is 16.4. The molecule has 5 nitrogen and oxygen atoms in total. The minimum Gasteiger partial charge on any atom is -0.284 e. The highest BCUT2D eigenvalue weighted by atomic mass is 32.1. The zero-order valence-electron chi connectivity index (χ0n) is 12.3. The second-order valence-corrected chi connectivity index (χ2v) is 5.97. The molecule has 124 valence electrons. The largest absolute Gasteiger partial charge is 0.393 e. The first-order chi connectivity index (χ1) is 10.9. The Hall–Kier alpha value is -1.74. The monoisotopic (exact) mass is 343 g/mol. The molecule has 3 rings (SSSR count). The van der Waals surface area contributed by atoms with Gasteiger partial charge in [-0.2, -0.15) is 17.9 Å². The van der Waals surface area contributed by atoms with Gasteiger partial charge in [0.1, 0.15) is 0 Å². The van der Waals surface area contributed by atoms with Crippen LogP contribution in [0.2, 0.25) is 0 Å². The minimum absolute atomic E-state index is 0.0243. The normalized spacial score (nSPS) is 19.9. The number of alkyl halides is 3. The molecule has 0 spiro atoms. The third-order valence-corrected chi connectivity index (χ3v) is 4.33. The number of rotatable bonds is 3. The molecule has 23 heavy (non-hydrogen) atoms. The third-order valence-electron chi connectivity index (χ3n) is 3.94. The van der Waals surface area contributed by atoms with E-state index < -0.39 is 12.1 Å². The van der Waals surface area contributed by atoms with Crippen molar-refractivity contribution >= 4 is 12.2 Å². The van der Waals surface area contributed by atoms with Gasteiger partial charge in [0.05, 0.1) is 18.3 Å². The molecule has 1 aliphatic heterocycles. The van der Waals surface area contributed by atoms with Crippen LogP contribution in [0, 0.1) is 10.7 Å². The van der Waals surface area contributed by atoms with Gasteiger partial charge in [-0.3, -0.25) is 4.90 Å². The molecule has 1 fully saturated rings. The molecule has 2 heterocycles. The highest BCUT2D eigenvalue weighted by Crippen LogP contribution is 2.33. The van der Waals surface area contributed by atoms with Crippen molar-refractivity contribution in [3.05, 3.63) is 35.1 Å². The van der Waals surface area contributed by atoms with Crippen molar-refractivity contribution in [2.24, 2.45) is 5.92 Å². The minimum atomic E-state index is -4.15. The fourth-order valence-electron chi connectivity index (χ4n) is 2.73. The molecule has 1 atom stereocenters. The number of aromatic nitrogens is 4. The first-order valence-electron chi connectivity index (χ1n) is 7.32. The van der Waals surface area contributed by atoms with Gasteiger partial charge in [-0.05, 0) is 54.2 Å². The van der Waals surface area contributed by atoms with E-state index in [2.05, 4.69) is 10.4 Å². The van der Waals surface area contributed by atoms with Crippen LogP contribution >= 0.6 is 12.2 Å². The van der Waals surface area contributed by atoms with Gasteiger partial charge in [0.2, 0.25) is 4.77 Å². The van der Waals surface area contributed by atoms with E-state index in [1.807, 2.05) is 30.3 Å². The number of hydrogen-bond acceptors (Lipinski definition) is 4. The van der Waals surface area contributed by atoms with Crippen molar-refractivity contribution in [1.82, 2.24) is 24.7 Å². The summed E-state index contributed by atoms with van der Waals surface area (Å²) in [5, 5.41) is 7.97. The van der Waals surface area contributed by atoms with Crippen molar-refractivity contribution < 1.29 is 13.2 Å². The summed E-state index contributed by atoms with van der Waals surface area (Å²) in [5.74, 6) is -1.28. The first kappa shape index (κ1) is 16.1. The van der Waals surface area contributed by atoms with Gasteiger partial charge < -0.3 is 0 Å². The molecule has 0 bridgehead atoms. The van der Waals surface area contributed by atoms with Crippen LogP contribution in [0.3, 0.4) is 0 Å². The van der Waals surface area contributed by atoms with E-state index in [-0.39, 0.29) is 19.6 Å².